The number of methoxy groups -OCH3 is 2. The van der Waals surface area contributed by atoms with Crippen molar-refractivity contribution in [1.29, 1.82) is 0 Å². The van der Waals surface area contributed by atoms with Crippen molar-refractivity contribution in [1.82, 2.24) is 15.3 Å². The highest BCUT2D eigenvalue weighted by Gasteiger charge is 2.08. The quantitative estimate of drug-likeness (QED) is 0.626. The number of anilines is 2. The van der Waals surface area contributed by atoms with Crippen LogP contribution in [0.4, 0.5) is 11.5 Å². The third-order valence-electron chi connectivity index (χ3n) is 4.11. The number of aromatic nitrogens is 2. The van der Waals surface area contributed by atoms with Gasteiger partial charge in [-0.1, -0.05) is 12.1 Å². The summed E-state index contributed by atoms with van der Waals surface area (Å²) in [6, 6.07) is 15.2. The Balaban J connectivity index is 1.49. The number of benzene rings is 2. The molecule has 0 radical (unpaired) electrons. The van der Waals surface area contributed by atoms with Crippen LogP contribution in [0.3, 0.4) is 0 Å². The summed E-state index contributed by atoms with van der Waals surface area (Å²) in [6.45, 7) is 0.513. The normalized spacial score (nSPS) is 10.2. The Bertz CT molecular complexity index is 894. The molecular weight excluding hydrogens is 356 g/mol. The minimum atomic E-state index is -0.253. The Kier molecular flexibility index (Phi) is 6.41. The highest BCUT2D eigenvalue weighted by atomic mass is 16.5. The lowest BCUT2D eigenvalue weighted by Crippen LogP contribution is -2.26. The van der Waals surface area contributed by atoms with Crippen LogP contribution in [0.1, 0.15) is 16.1 Å². The highest BCUT2D eigenvalue weighted by molar-refractivity contribution is 5.92. The largest absolute Gasteiger partial charge is 0.497 e. The molecule has 7 heteroatoms. The van der Waals surface area contributed by atoms with E-state index in [4.69, 9.17) is 9.47 Å². The number of carbonyl (C=O) groups is 1. The van der Waals surface area contributed by atoms with Gasteiger partial charge in [0.15, 0.2) is 0 Å². The fraction of sp³-hybridized carbons (Fsp3) is 0.190. The van der Waals surface area contributed by atoms with Crippen LogP contribution < -0.4 is 20.1 Å². The molecular formula is C21H22N4O3. The van der Waals surface area contributed by atoms with Crippen LogP contribution in [0.15, 0.2) is 60.9 Å². The van der Waals surface area contributed by atoms with Crippen molar-refractivity contribution in [2.45, 2.75) is 6.42 Å². The first kappa shape index (κ1) is 19.2. The molecule has 0 bridgehead atoms. The minimum Gasteiger partial charge on any atom is -0.497 e. The number of amides is 1. The molecule has 28 heavy (non-hydrogen) atoms. The molecule has 0 unspecified atom stereocenters. The van der Waals surface area contributed by atoms with Crippen LogP contribution >= 0.6 is 0 Å². The van der Waals surface area contributed by atoms with Gasteiger partial charge in [0.2, 0.25) is 0 Å². The van der Waals surface area contributed by atoms with E-state index in [1.165, 1.54) is 12.4 Å². The summed E-state index contributed by atoms with van der Waals surface area (Å²) in [6.07, 6.45) is 3.71. The van der Waals surface area contributed by atoms with Crippen molar-refractivity contribution in [3.8, 4) is 11.5 Å². The Hall–Kier alpha value is -3.61. The lowest BCUT2D eigenvalue weighted by Gasteiger charge is -2.08. The number of hydrogen-bond acceptors (Lipinski definition) is 6. The van der Waals surface area contributed by atoms with E-state index >= 15 is 0 Å². The lowest BCUT2D eigenvalue weighted by molar-refractivity contribution is 0.0949. The Morgan fingerprint density at radius 2 is 1.54 bits per heavy atom. The van der Waals surface area contributed by atoms with Crippen molar-refractivity contribution < 1.29 is 14.3 Å². The zero-order chi connectivity index (χ0) is 19.8. The zero-order valence-corrected chi connectivity index (χ0v) is 15.8. The van der Waals surface area contributed by atoms with Gasteiger partial charge in [0.25, 0.3) is 5.91 Å². The molecule has 3 aromatic rings. The Labute approximate surface area is 163 Å². The van der Waals surface area contributed by atoms with E-state index in [-0.39, 0.29) is 11.6 Å². The third kappa shape index (κ3) is 5.20. The molecule has 2 N–H and O–H groups in total. The van der Waals surface area contributed by atoms with Crippen LogP contribution in [0, 0.1) is 0 Å². The standard InChI is InChI=1S/C21H22N4O3/c1-27-17-7-3-15(4-8-17)11-12-22-21(26)19-13-24-20(14-23-19)25-16-5-9-18(28-2)10-6-16/h3-10,13-14H,11-12H2,1-2H3,(H,22,26)(H,24,25). The summed E-state index contributed by atoms with van der Waals surface area (Å²) >= 11 is 0. The van der Waals surface area contributed by atoms with Crippen molar-refractivity contribution in [2.24, 2.45) is 0 Å². The molecule has 0 atom stereocenters. The maximum absolute atomic E-state index is 12.2. The van der Waals surface area contributed by atoms with E-state index in [0.29, 0.717) is 12.4 Å². The second-order valence-electron chi connectivity index (χ2n) is 5.99. The molecule has 0 aliphatic carbocycles. The van der Waals surface area contributed by atoms with Gasteiger partial charge in [0.05, 0.1) is 26.6 Å². The molecule has 7 nitrogen and oxygen atoms in total. The second kappa shape index (κ2) is 9.36. The first-order valence-electron chi connectivity index (χ1n) is 8.82. The Morgan fingerprint density at radius 1 is 0.893 bits per heavy atom. The summed E-state index contributed by atoms with van der Waals surface area (Å²) in [5, 5.41) is 5.98. The first-order chi connectivity index (χ1) is 13.7. The topological polar surface area (TPSA) is 85.4 Å². The van der Waals surface area contributed by atoms with Gasteiger partial charge in [-0.2, -0.15) is 0 Å². The average molecular weight is 378 g/mol. The van der Waals surface area contributed by atoms with E-state index in [1.54, 1.807) is 14.2 Å². The van der Waals surface area contributed by atoms with Crippen molar-refractivity contribution >= 4 is 17.4 Å². The van der Waals surface area contributed by atoms with E-state index in [0.717, 1.165) is 29.2 Å². The number of ether oxygens (including phenoxy) is 2. The first-order valence-corrected chi connectivity index (χ1v) is 8.82. The fourth-order valence-electron chi connectivity index (χ4n) is 2.54. The molecule has 1 heterocycles. The van der Waals surface area contributed by atoms with Gasteiger partial charge in [0.1, 0.15) is 23.0 Å². The molecule has 0 aliphatic rings. The van der Waals surface area contributed by atoms with Gasteiger partial charge in [-0.25, -0.2) is 9.97 Å². The number of hydrogen-bond donors (Lipinski definition) is 2. The molecule has 144 valence electrons. The van der Waals surface area contributed by atoms with Gasteiger partial charge in [0, 0.05) is 12.2 Å². The SMILES string of the molecule is COc1ccc(CCNC(=O)c2cnc(Nc3ccc(OC)cc3)cn2)cc1. The zero-order valence-electron chi connectivity index (χ0n) is 15.8. The molecule has 1 amide bonds. The molecule has 0 spiro atoms. The van der Waals surface area contributed by atoms with E-state index in [9.17, 15) is 4.79 Å². The van der Waals surface area contributed by atoms with Crippen LogP contribution in [-0.4, -0.2) is 36.6 Å². The van der Waals surface area contributed by atoms with Gasteiger partial charge < -0.3 is 20.1 Å². The molecule has 3 rings (SSSR count). The molecule has 0 fully saturated rings. The number of nitrogens with zero attached hydrogens (tertiary/aromatic N) is 2. The molecule has 1 aromatic heterocycles. The van der Waals surface area contributed by atoms with E-state index in [1.807, 2.05) is 48.5 Å². The molecule has 2 aromatic carbocycles. The van der Waals surface area contributed by atoms with Crippen LogP contribution in [0.5, 0.6) is 11.5 Å². The van der Waals surface area contributed by atoms with Gasteiger partial charge in [-0.05, 0) is 48.4 Å². The molecule has 0 aliphatic heterocycles. The highest BCUT2D eigenvalue weighted by Crippen LogP contribution is 2.18. The Morgan fingerprint density at radius 3 is 2.11 bits per heavy atom. The second-order valence-corrected chi connectivity index (χ2v) is 5.99. The summed E-state index contributed by atoms with van der Waals surface area (Å²) < 4.78 is 10.3. The number of nitrogens with one attached hydrogen (secondary N) is 2. The lowest BCUT2D eigenvalue weighted by atomic mass is 10.1. The van der Waals surface area contributed by atoms with Gasteiger partial charge >= 0.3 is 0 Å². The van der Waals surface area contributed by atoms with Crippen molar-refractivity contribution in [2.75, 3.05) is 26.1 Å². The monoisotopic (exact) mass is 378 g/mol. The van der Waals surface area contributed by atoms with Crippen LogP contribution in [-0.2, 0) is 6.42 Å². The summed E-state index contributed by atoms with van der Waals surface area (Å²) in [4.78, 5) is 20.6. The van der Waals surface area contributed by atoms with Crippen molar-refractivity contribution in [3.63, 3.8) is 0 Å². The van der Waals surface area contributed by atoms with E-state index < -0.39 is 0 Å². The maximum atomic E-state index is 12.2. The van der Waals surface area contributed by atoms with Gasteiger partial charge in [-0.3, -0.25) is 4.79 Å². The van der Waals surface area contributed by atoms with Crippen LogP contribution in [0.25, 0.3) is 0 Å². The van der Waals surface area contributed by atoms with Crippen molar-refractivity contribution in [3.05, 3.63) is 72.2 Å². The number of carbonyl (C=O) groups excluding carboxylic acids is 1. The molecule has 0 saturated carbocycles. The predicted octanol–water partition coefficient (Wildman–Crippen LogP) is 3.21. The van der Waals surface area contributed by atoms with Crippen LogP contribution in [0.2, 0.25) is 0 Å². The summed E-state index contributed by atoms with van der Waals surface area (Å²) in [5.74, 6) is 1.89. The molecule has 0 saturated heterocycles. The smallest absolute Gasteiger partial charge is 0.271 e. The predicted molar refractivity (Wildman–Crippen MR) is 107 cm³/mol. The van der Waals surface area contributed by atoms with E-state index in [2.05, 4.69) is 20.6 Å². The fourth-order valence-corrected chi connectivity index (χ4v) is 2.54. The maximum Gasteiger partial charge on any atom is 0.271 e. The third-order valence-corrected chi connectivity index (χ3v) is 4.11. The van der Waals surface area contributed by atoms with Gasteiger partial charge in [-0.15, -0.1) is 0 Å². The summed E-state index contributed by atoms with van der Waals surface area (Å²) in [7, 11) is 3.25. The summed E-state index contributed by atoms with van der Waals surface area (Å²) in [5.41, 5.74) is 2.24. The minimum absolute atomic E-state index is 0.253. The number of rotatable bonds is 8. The average Bonchev–Trinajstić information content (AvgIpc) is 2.75.